The molecule has 0 unspecified atom stereocenters. The van der Waals surface area contributed by atoms with Crippen LogP contribution in [-0.2, 0) is 4.74 Å². The number of aromatic nitrogens is 1. The molecule has 0 aliphatic carbocycles. The van der Waals surface area contributed by atoms with Crippen LogP contribution < -0.4 is 5.43 Å². The Labute approximate surface area is 198 Å². The third-order valence-corrected chi connectivity index (χ3v) is 6.44. The van der Waals surface area contributed by atoms with Crippen LogP contribution in [0.2, 0.25) is 0 Å². The fraction of sp³-hybridized carbons (Fsp3) is 0.125. The van der Waals surface area contributed by atoms with Gasteiger partial charge in [0.25, 0.3) is 11.6 Å². The molecule has 10 heteroatoms. The number of amides is 1. The van der Waals surface area contributed by atoms with Gasteiger partial charge in [0.1, 0.15) is 0 Å². The van der Waals surface area contributed by atoms with Gasteiger partial charge in [-0.2, -0.15) is 5.10 Å². The second-order valence-electron chi connectivity index (χ2n) is 7.49. The van der Waals surface area contributed by atoms with Crippen molar-refractivity contribution in [1.29, 1.82) is 0 Å². The number of hydrogen-bond donors (Lipinski definition) is 1. The van der Waals surface area contributed by atoms with Crippen LogP contribution in [0.3, 0.4) is 0 Å². The molecule has 0 aliphatic heterocycles. The predicted molar refractivity (Wildman–Crippen MR) is 130 cm³/mol. The van der Waals surface area contributed by atoms with E-state index in [0.29, 0.717) is 15.8 Å². The van der Waals surface area contributed by atoms with Crippen molar-refractivity contribution in [3.8, 4) is 5.69 Å². The molecule has 0 aliphatic rings. The zero-order valence-corrected chi connectivity index (χ0v) is 19.4. The third kappa shape index (κ3) is 4.44. The van der Waals surface area contributed by atoms with Crippen molar-refractivity contribution in [1.82, 2.24) is 9.99 Å². The van der Waals surface area contributed by atoms with Gasteiger partial charge in [-0.25, -0.2) is 10.2 Å². The molecule has 172 valence electrons. The van der Waals surface area contributed by atoms with E-state index in [2.05, 4.69) is 10.5 Å². The number of fused-ring (bicyclic) bond motifs is 1. The highest BCUT2D eigenvalue weighted by molar-refractivity contribution is 7.20. The topological polar surface area (TPSA) is 116 Å². The Hall–Kier alpha value is -4.31. The largest absolute Gasteiger partial charge is 0.465 e. The molecule has 4 aromatic rings. The minimum atomic E-state index is -0.467. The summed E-state index contributed by atoms with van der Waals surface area (Å²) >= 11 is 1.24. The zero-order chi connectivity index (χ0) is 24.4. The van der Waals surface area contributed by atoms with Crippen LogP contribution in [0.4, 0.5) is 5.69 Å². The van der Waals surface area contributed by atoms with Crippen LogP contribution in [-0.4, -0.2) is 34.7 Å². The van der Waals surface area contributed by atoms with Crippen LogP contribution in [0, 0.1) is 24.0 Å². The molecule has 0 fully saturated rings. The number of ether oxygens (including phenoxy) is 1. The SMILES string of the molecule is COC(=O)c1ccc(-n2c(C)cc(/C=N\NC(=O)c3cc4cc([N+](=O)[O-])ccc4s3)c2C)cc1. The van der Waals surface area contributed by atoms with E-state index in [0.717, 1.165) is 27.3 Å². The van der Waals surface area contributed by atoms with E-state index >= 15 is 0 Å². The van der Waals surface area contributed by atoms with E-state index in [-0.39, 0.29) is 5.69 Å². The summed E-state index contributed by atoms with van der Waals surface area (Å²) < 4.78 is 7.53. The lowest BCUT2D eigenvalue weighted by Gasteiger charge is -2.10. The monoisotopic (exact) mass is 476 g/mol. The minimum absolute atomic E-state index is 0.0226. The lowest BCUT2D eigenvalue weighted by Crippen LogP contribution is -2.16. The maximum Gasteiger partial charge on any atom is 0.337 e. The van der Waals surface area contributed by atoms with Crippen LogP contribution in [0.5, 0.6) is 0 Å². The fourth-order valence-electron chi connectivity index (χ4n) is 3.65. The highest BCUT2D eigenvalue weighted by atomic mass is 32.1. The first-order chi connectivity index (χ1) is 16.3. The van der Waals surface area contributed by atoms with Crippen molar-refractivity contribution < 1.29 is 19.2 Å². The molecule has 4 rings (SSSR count). The molecule has 2 aromatic carbocycles. The van der Waals surface area contributed by atoms with E-state index in [1.165, 1.54) is 30.6 Å². The van der Waals surface area contributed by atoms with Gasteiger partial charge in [0, 0.05) is 44.9 Å². The number of hydrazone groups is 1. The van der Waals surface area contributed by atoms with Crippen molar-refractivity contribution in [2.75, 3.05) is 7.11 Å². The smallest absolute Gasteiger partial charge is 0.337 e. The number of nitrogens with zero attached hydrogens (tertiary/aromatic N) is 3. The number of carbonyl (C=O) groups is 2. The molecule has 34 heavy (non-hydrogen) atoms. The van der Waals surface area contributed by atoms with Gasteiger partial charge in [0.15, 0.2) is 0 Å². The summed E-state index contributed by atoms with van der Waals surface area (Å²) in [6.07, 6.45) is 1.57. The average Bonchev–Trinajstić information content (AvgIpc) is 3.38. The van der Waals surface area contributed by atoms with Gasteiger partial charge >= 0.3 is 5.97 Å². The average molecular weight is 477 g/mol. The lowest BCUT2D eigenvalue weighted by atomic mass is 10.2. The third-order valence-electron chi connectivity index (χ3n) is 5.32. The molecule has 0 saturated carbocycles. The van der Waals surface area contributed by atoms with E-state index in [9.17, 15) is 19.7 Å². The van der Waals surface area contributed by atoms with Gasteiger partial charge in [-0.05, 0) is 56.3 Å². The molecule has 1 N–H and O–H groups in total. The van der Waals surface area contributed by atoms with Crippen LogP contribution in [0.15, 0.2) is 59.7 Å². The summed E-state index contributed by atoms with van der Waals surface area (Å²) in [5.41, 5.74) is 6.53. The molecule has 0 spiro atoms. The number of rotatable bonds is 6. The molecule has 2 aromatic heterocycles. The first kappa shape index (κ1) is 22.9. The van der Waals surface area contributed by atoms with Crippen LogP contribution in [0.1, 0.15) is 37.0 Å². The summed E-state index contributed by atoms with van der Waals surface area (Å²) in [5, 5.41) is 15.7. The van der Waals surface area contributed by atoms with Crippen LogP contribution in [0.25, 0.3) is 15.8 Å². The number of benzene rings is 2. The molecule has 9 nitrogen and oxygen atoms in total. The first-order valence-corrected chi connectivity index (χ1v) is 11.0. The van der Waals surface area contributed by atoms with Gasteiger partial charge < -0.3 is 9.30 Å². The molecular weight excluding hydrogens is 456 g/mol. The summed E-state index contributed by atoms with van der Waals surface area (Å²) in [7, 11) is 1.34. The quantitative estimate of drug-likeness (QED) is 0.186. The molecule has 1 amide bonds. The Morgan fingerprint density at radius 2 is 1.85 bits per heavy atom. The van der Waals surface area contributed by atoms with Gasteiger partial charge in [0.2, 0.25) is 0 Å². The maximum absolute atomic E-state index is 12.5. The highest BCUT2D eigenvalue weighted by Crippen LogP contribution is 2.29. The van der Waals surface area contributed by atoms with Crippen molar-refractivity contribution in [3.05, 3.63) is 92.1 Å². The van der Waals surface area contributed by atoms with Gasteiger partial charge in [-0.15, -0.1) is 11.3 Å². The molecule has 0 radical (unpaired) electrons. The Kier molecular flexibility index (Phi) is 6.24. The molecule has 0 atom stereocenters. The zero-order valence-electron chi connectivity index (χ0n) is 18.6. The summed E-state index contributed by atoms with van der Waals surface area (Å²) in [4.78, 5) is 35.1. The number of non-ortho nitro benzene ring substituents is 1. The second-order valence-corrected chi connectivity index (χ2v) is 8.57. The second kappa shape index (κ2) is 9.28. The normalized spacial score (nSPS) is 11.1. The summed E-state index contributed by atoms with van der Waals surface area (Å²) in [6, 6.07) is 15.1. The van der Waals surface area contributed by atoms with Gasteiger partial charge in [0.05, 0.1) is 28.7 Å². The maximum atomic E-state index is 12.5. The molecular formula is C24H20N4O5S. The Morgan fingerprint density at radius 3 is 2.53 bits per heavy atom. The predicted octanol–water partition coefficient (Wildman–Crippen LogP) is 4.77. The molecule has 2 heterocycles. The summed E-state index contributed by atoms with van der Waals surface area (Å²) in [5.74, 6) is -0.791. The Balaban J connectivity index is 1.50. The number of thiophene rings is 1. The number of nitro benzene ring substituents is 1. The number of nitrogens with one attached hydrogen (secondary N) is 1. The van der Waals surface area contributed by atoms with E-state index in [1.54, 1.807) is 30.5 Å². The fourth-order valence-corrected chi connectivity index (χ4v) is 4.58. The molecule has 0 bridgehead atoms. The number of nitro groups is 1. The van der Waals surface area contributed by atoms with E-state index in [4.69, 9.17) is 4.74 Å². The number of carbonyl (C=O) groups excluding carboxylic acids is 2. The van der Waals surface area contributed by atoms with Gasteiger partial charge in [-0.1, -0.05) is 0 Å². The first-order valence-electron chi connectivity index (χ1n) is 10.2. The number of esters is 1. The standard InChI is InChI=1S/C24H20N4O5S/c1-14-10-18(15(2)27(14)19-6-4-16(5-7-19)24(30)33-3)13-25-26-23(29)22-12-17-11-20(28(31)32)8-9-21(17)34-22/h4-13H,1-3H3,(H,26,29)/b25-13-. The Bertz CT molecular complexity index is 1450. The number of hydrogen-bond acceptors (Lipinski definition) is 7. The van der Waals surface area contributed by atoms with Crippen molar-refractivity contribution >= 4 is 45.2 Å². The molecule has 0 saturated heterocycles. The van der Waals surface area contributed by atoms with Crippen molar-refractivity contribution in [2.45, 2.75) is 13.8 Å². The highest BCUT2D eigenvalue weighted by Gasteiger charge is 2.14. The summed E-state index contributed by atoms with van der Waals surface area (Å²) in [6.45, 7) is 3.89. The lowest BCUT2D eigenvalue weighted by molar-refractivity contribution is -0.384. The number of methoxy groups -OCH3 is 1. The van der Waals surface area contributed by atoms with Crippen molar-refractivity contribution in [3.63, 3.8) is 0 Å². The Morgan fingerprint density at radius 1 is 1.12 bits per heavy atom. The minimum Gasteiger partial charge on any atom is -0.465 e. The van der Waals surface area contributed by atoms with Crippen molar-refractivity contribution in [2.24, 2.45) is 5.10 Å². The number of aryl methyl sites for hydroxylation is 1. The van der Waals surface area contributed by atoms with Gasteiger partial charge in [-0.3, -0.25) is 14.9 Å². The van der Waals surface area contributed by atoms with E-state index in [1.807, 2.05) is 36.6 Å². The van der Waals surface area contributed by atoms with Crippen LogP contribution >= 0.6 is 11.3 Å². The van der Waals surface area contributed by atoms with E-state index < -0.39 is 16.8 Å².